The van der Waals surface area contributed by atoms with Gasteiger partial charge in [0.05, 0.1) is 18.4 Å². The third-order valence-electron chi connectivity index (χ3n) is 2.74. The molecule has 0 unspecified atom stereocenters. The second-order valence-electron chi connectivity index (χ2n) is 4.16. The first-order valence-electron chi connectivity index (χ1n) is 5.81. The van der Waals surface area contributed by atoms with E-state index in [0.717, 1.165) is 12.1 Å². The Kier molecular flexibility index (Phi) is 4.42. The van der Waals surface area contributed by atoms with Crippen LogP contribution in [-0.4, -0.2) is 13.0 Å². The molecule has 0 atom stereocenters. The van der Waals surface area contributed by atoms with Crippen LogP contribution in [-0.2, 0) is 0 Å². The summed E-state index contributed by atoms with van der Waals surface area (Å²) in [7, 11) is 1.34. The van der Waals surface area contributed by atoms with Gasteiger partial charge >= 0.3 is 0 Å². The molecule has 0 heterocycles. The number of benzene rings is 2. The van der Waals surface area contributed by atoms with E-state index in [0.29, 0.717) is 0 Å². The lowest BCUT2D eigenvalue weighted by Crippen LogP contribution is -2.13. The lowest BCUT2D eigenvalue weighted by Gasteiger charge is -2.09. The van der Waals surface area contributed by atoms with Gasteiger partial charge in [0.15, 0.2) is 11.6 Å². The summed E-state index contributed by atoms with van der Waals surface area (Å²) in [5.74, 6) is -1.71. The zero-order valence-corrected chi connectivity index (χ0v) is 12.5. The summed E-state index contributed by atoms with van der Waals surface area (Å²) in [5.41, 5.74) is 5.67. The van der Waals surface area contributed by atoms with Gasteiger partial charge in [-0.25, -0.2) is 8.78 Å². The third kappa shape index (κ3) is 3.30. The molecular formula is C14H11BrF2N2O2. The van der Waals surface area contributed by atoms with E-state index in [2.05, 4.69) is 21.2 Å². The first-order chi connectivity index (χ1) is 9.92. The van der Waals surface area contributed by atoms with Crippen LogP contribution in [0.3, 0.4) is 0 Å². The summed E-state index contributed by atoms with van der Waals surface area (Å²) in [5, 5.41) is 2.50. The Labute approximate surface area is 128 Å². The maximum absolute atomic E-state index is 13.5. The highest BCUT2D eigenvalue weighted by molar-refractivity contribution is 9.10. The largest absolute Gasteiger partial charge is 0.494 e. The van der Waals surface area contributed by atoms with Gasteiger partial charge < -0.3 is 15.8 Å². The number of carbonyl (C=O) groups excluding carboxylic acids is 1. The summed E-state index contributed by atoms with van der Waals surface area (Å²) in [6.07, 6.45) is 0. The van der Waals surface area contributed by atoms with Crippen molar-refractivity contribution < 1.29 is 18.3 Å². The first kappa shape index (κ1) is 15.2. The molecule has 110 valence electrons. The van der Waals surface area contributed by atoms with Crippen LogP contribution in [0.1, 0.15) is 10.4 Å². The van der Waals surface area contributed by atoms with Crippen LogP contribution in [0.25, 0.3) is 0 Å². The van der Waals surface area contributed by atoms with E-state index < -0.39 is 17.5 Å². The third-order valence-corrected chi connectivity index (χ3v) is 3.40. The Balaban J connectivity index is 2.26. The molecule has 0 radical (unpaired) electrons. The monoisotopic (exact) mass is 356 g/mol. The van der Waals surface area contributed by atoms with Crippen molar-refractivity contribution in [2.75, 3.05) is 18.2 Å². The smallest absolute Gasteiger partial charge is 0.256 e. The number of nitrogen functional groups attached to an aromatic ring is 1. The fourth-order valence-corrected chi connectivity index (χ4v) is 2.18. The molecule has 3 N–H and O–H groups in total. The highest BCUT2D eigenvalue weighted by atomic mass is 79.9. The molecule has 0 aromatic heterocycles. The Hall–Kier alpha value is -2.15. The molecule has 0 fully saturated rings. The lowest BCUT2D eigenvalue weighted by atomic mass is 10.1. The molecular weight excluding hydrogens is 346 g/mol. The average molecular weight is 357 g/mol. The number of methoxy groups -OCH3 is 1. The average Bonchev–Trinajstić information content (AvgIpc) is 2.43. The molecule has 0 saturated heterocycles. The summed E-state index contributed by atoms with van der Waals surface area (Å²) in [6.45, 7) is 0. The molecule has 1 amide bonds. The fraction of sp³-hybridized carbons (Fsp3) is 0.0714. The van der Waals surface area contributed by atoms with Crippen molar-refractivity contribution in [1.82, 2.24) is 0 Å². The van der Waals surface area contributed by atoms with Crippen LogP contribution in [0.4, 0.5) is 20.2 Å². The molecule has 0 aliphatic rings. The van der Waals surface area contributed by atoms with Gasteiger partial charge in [-0.15, -0.1) is 0 Å². The second kappa shape index (κ2) is 6.09. The Morgan fingerprint density at radius 3 is 2.57 bits per heavy atom. The van der Waals surface area contributed by atoms with Crippen LogP contribution in [0.5, 0.6) is 5.75 Å². The summed E-state index contributed by atoms with van der Waals surface area (Å²) < 4.78 is 31.8. The van der Waals surface area contributed by atoms with Crippen LogP contribution in [0.2, 0.25) is 0 Å². The molecule has 21 heavy (non-hydrogen) atoms. The van der Waals surface area contributed by atoms with E-state index in [9.17, 15) is 13.6 Å². The SMILES string of the molecule is COc1ccc(NC(=O)c2cc(N)c(F)cc2Br)cc1F. The van der Waals surface area contributed by atoms with Gasteiger partial charge in [-0.3, -0.25) is 4.79 Å². The maximum atomic E-state index is 13.5. The minimum atomic E-state index is -0.631. The molecule has 0 spiro atoms. The van der Waals surface area contributed by atoms with Crippen molar-refractivity contribution >= 4 is 33.2 Å². The topological polar surface area (TPSA) is 64.3 Å². The van der Waals surface area contributed by atoms with Gasteiger partial charge in [-0.05, 0) is 40.2 Å². The normalized spacial score (nSPS) is 10.3. The van der Waals surface area contributed by atoms with E-state index in [1.54, 1.807) is 0 Å². The number of rotatable bonds is 3. The van der Waals surface area contributed by atoms with Gasteiger partial charge in [-0.1, -0.05) is 0 Å². The number of amides is 1. The van der Waals surface area contributed by atoms with E-state index in [4.69, 9.17) is 10.5 Å². The van der Waals surface area contributed by atoms with Crippen molar-refractivity contribution in [3.8, 4) is 5.75 Å². The zero-order valence-electron chi connectivity index (χ0n) is 10.9. The van der Waals surface area contributed by atoms with E-state index in [1.165, 1.54) is 25.3 Å². The van der Waals surface area contributed by atoms with Gasteiger partial charge in [0.25, 0.3) is 5.91 Å². The highest BCUT2D eigenvalue weighted by Crippen LogP contribution is 2.25. The minimum Gasteiger partial charge on any atom is -0.494 e. The molecule has 2 aromatic rings. The van der Waals surface area contributed by atoms with Crippen LogP contribution in [0.15, 0.2) is 34.8 Å². The predicted molar refractivity (Wildman–Crippen MR) is 79.4 cm³/mol. The van der Waals surface area contributed by atoms with Crippen LogP contribution >= 0.6 is 15.9 Å². The second-order valence-corrected chi connectivity index (χ2v) is 5.01. The number of carbonyl (C=O) groups is 1. The lowest BCUT2D eigenvalue weighted by molar-refractivity contribution is 0.102. The van der Waals surface area contributed by atoms with E-state index in [1.807, 2.05) is 0 Å². The highest BCUT2D eigenvalue weighted by Gasteiger charge is 2.14. The quantitative estimate of drug-likeness (QED) is 0.826. The van der Waals surface area contributed by atoms with Crippen molar-refractivity contribution in [3.63, 3.8) is 0 Å². The van der Waals surface area contributed by atoms with Gasteiger partial charge in [0, 0.05) is 16.2 Å². The number of nitrogens with two attached hydrogens (primary N) is 1. The predicted octanol–water partition coefficient (Wildman–Crippen LogP) is 3.57. The Bertz CT molecular complexity index is 708. The van der Waals surface area contributed by atoms with Crippen LogP contribution in [0, 0.1) is 11.6 Å². The molecule has 0 bridgehead atoms. The Morgan fingerprint density at radius 1 is 1.24 bits per heavy atom. The molecule has 7 heteroatoms. The van der Waals surface area contributed by atoms with Gasteiger partial charge in [0.2, 0.25) is 0 Å². The first-order valence-corrected chi connectivity index (χ1v) is 6.61. The maximum Gasteiger partial charge on any atom is 0.256 e. The fourth-order valence-electron chi connectivity index (χ4n) is 1.68. The number of nitrogens with one attached hydrogen (secondary N) is 1. The van der Waals surface area contributed by atoms with E-state index in [-0.39, 0.29) is 27.2 Å². The number of ether oxygens (including phenoxy) is 1. The zero-order chi connectivity index (χ0) is 15.6. The minimum absolute atomic E-state index is 0.0696. The van der Waals surface area contributed by atoms with Crippen molar-refractivity contribution in [2.45, 2.75) is 0 Å². The van der Waals surface area contributed by atoms with Crippen LogP contribution < -0.4 is 15.8 Å². The molecule has 0 saturated carbocycles. The van der Waals surface area contributed by atoms with Crippen molar-refractivity contribution in [1.29, 1.82) is 0 Å². The number of hydrogen-bond donors (Lipinski definition) is 2. The van der Waals surface area contributed by atoms with Gasteiger partial charge in [-0.2, -0.15) is 0 Å². The Morgan fingerprint density at radius 2 is 1.95 bits per heavy atom. The van der Waals surface area contributed by atoms with Gasteiger partial charge in [0.1, 0.15) is 5.82 Å². The molecule has 4 nitrogen and oxygen atoms in total. The molecule has 2 rings (SSSR count). The summed E-state index contributed by atoms with van der Waals surface area (Å²) in [4.78, 5) is 12.1. The summed E-state index contributed by atoms with van der Waals surface area (Å²) >= 11 is 3.08. The number of anilines is 2. The number of hydrogen-bond acceptors (Lipinski definition) is 3. The molecule has 0 aliphatic carbocycles. The standard InChI is InChI=1S/C14H11BrF2N2O2/c1-21-13-3-2-7(4-11(13)17)19-14(20)8-5-12(18)10(16)6-9(8)15/h2-6H,18H2,1H3,(H,19,20). The van der Waals surface area contributed by atoms with Crippen molar-refractivity contribution in [3.05, 3.63) is 52.0 Å². The number of halogens is 3. The molecule has 2 aromatic carbocycles. The van der Waals surface area contributed by atoms with Crippen molar-refractivity contribution in [2.24, 2.45) is 0 Å². The summed E-state index contributed by atoms with van der Waals surface area (Å²) in [6, 6.07) is 6.30. The molecule has 0 aliphatic heterocycles. The van der Waals surface area contributed by atoms with E-state index >= 15 is 0 Å².